The molecule has 7 rings (SSSR count). The Morgan fingerprint density at radius 3 is 2.55 bits per heavy atom. The molecule has 0 bridgehead atoms. The number of rotatable bonds is 8. The molecule has 4 aliphatic rings. The van der Waals surface area contributed by atoms with E-state index in [4.69, 9.17) is 19.4 Å². The molecule has 0 unspecified atom stereocenters. The van der Waals surface area contributed by atoms with Gasteiger partial charge in [0.1, 0.15) is 23.1 Å². The Hall–Kier alpha value is -4.52. The van der Waals surface area contributed by atoms with E-state index >= 15 is 0 Å². The number of allylic oxidation sites excluding steroid dienone is 1. The zero-order valence-electron chi connectivity index (χ0n) is 31.1. The average Bonchev–Trinajstić information content (AvgIpc) is 4.06. The van der Waals surface area contributed by atoms with E-state index in [1.807, 2.05) is 55.5 Å². The number of aromatic nitrogens is 2. The summed E-state index contributed by atoms with van der Waals surface area (Å²) in [5, 5.41) is 3.14. The zero-order chi connectivity index (χ0) is 37.7. The van der Waals surface area contributed by atoms with Crippen LogP contribution in [-0.4, -0.2) is 78.6 Å². The average molecular weight is 744 g/mol. The van der Waals surface area contributed by atoms with Gasteiger partial charge in [0.05, 0.1) is 41.1 Å². The van der Waals surface area contributed by atoms with Gasteiger partial charge in [-0.25, -0.2) is 13.4 Å². The van der Waals surface area contributed by atoms with E-state index in [1.165, 1.54) is 0 Å². The van der Waals surface area contributed by atoms with Crippen molar-refractivity contribution >= 4 is 38.6 Å². The summed E-state index contributed by atoms with van der Waals surface area (Å²) >= 11 is 0. The second kappa shape index (κ2) is 14.4. The van der Waals surface area contributed by atoms with Crippen molar-refractivity contribution in [3.05, 3.63) is 59.8 Å². The summed E-state index contributed by atoms with van der Waals surface area (Å²) in [6.07, 6.45) is 7.57. The number of methoxy groups -OCH3 is 1. The predicted octanol–water partition coefficient (Wildman–Crippen LogP) is 5.19. The number of amides is 3. The fraction of sp³-hybridized carbons (Fsp3) is 0.525. The molecule has 3 fully saturated rings. The molecule has 0 saturated heterocycles. The van der Waals surface area contributed by atoms with Gasteiger partial charge in [-0.2, -0.15) is 0 Å². The van der Waals surface area contributed by atoms with Crippen LogP contribution in [0.15, 0.2) is 48.6 Å². The van der Waals surface area contributed by atoms with E-state index in [0.29, 0.717) is 47.8 Å². The molecule has 0 radical (unpaired) electrons. The second-order valence-corrected chi connectivity index (χ2v) is 17.4. The van der Waals surface area contributed by atoms with Crippen molar-refractivity contribution in [3.63, 3.8) is 0 Å². The molecule has 3 aromatic rings. The Bertz CT molecular complexity index is 2080. The van der Waals surface area contributed by atoms with Gasteiger partial charge >= 0.3 is 0 Å². The second-order valence-electron chi connectivity index (χ2n) is 15.5. The predicted molar refractivity (Wildman–Crippen MR) is 201 cm³/mol. The molecule has 3 aliphatic carbocycles. The van der Waals surface area contributed by atoms with E-state index < -0.39 is 50.6 Å². The third-order valence-corrected chi connectivity index (χ3v) is 13.1. The van der Waals surface area contributed by atoms with Crippen LogP contribution in [0.1, 0.15) is 82.4 Å². The van der Waals surface area contributed by atoms with Crippen LogP contribution >= 0.6 is 0 Å². The van der Waals surface area contributed by atoms with Gasteiger partial charge in [-0.3, -0.25) is 24.1 Å². The van der Waals surface area contributed by atoms with Crippen molar-refractivity contribution in [2.75, 3.05) is 20.7 Å². The topological polar surface area (TPSA) is 157 Å². The number of ether oxygens (including phenoxy) is 2. The molecule has 2 aromatic heterocycles. The lowest BCUT2D eigenvalue weighted by atomic mass is 9.93. The SMILES string of the molecule is COc1ccc2c(O[C@@H]3C[C@H]4C(=O)N[C@]5(C(=O)NS(=O)(=O)C6CC6)C[C@@H]5/C=C\CCCCN(C)C(=O)[C@@H]4C3)cc(-c3cccc(C(C)C)n3)nc2c1C. The maximum absolute atomic E-state index is 14.3. The van der Waals surface area contributed by atoms with Gasteiger partial charge in [-0.1, -0.05) is 32.1 Å². The fourth-order valence-corrected chi connectivity index (χ4v) is 9.18. The van der Waals surface area contributed by atoms with Gasteiger partial charge in [0.2, 0.25) is 21.8 Å². The normalized spacial score (nSPS) is 27.0. The molecule has 282 valence electrons. The van der Waals surface area contributed by atoms with Crippen molar-refractivity contribution in [1.82, 2.24) is 24.9 Å². The molecule has 53 heavy (non-hydrogen) atoms. The molecule has 13 heteroatoms. The van der Waals surface area contributed by atoms with Crippen LogP contribution in [0.2, 0.25) is 0 Å². The summed E-state index contributed by atoms with van der Waals surface area (Å²) in [5.41, 5.74) is 2.39. The fourth-order valence-electron chi connectivity index (χ4n) is 7.82. The number of sulfonamides is 1. The van der Waals surface area contributed by atoms with Crippen LogP contribution in [0.3, 0.4) is 0 Å². The van der Waals surface area contributed by atoms with Gasteiger partial charge < -0.3 is 19.7 Å². The lowest BCUT2D eigenvalue weighted by molar-refractivity contribution is -0.140. The standard InChI is InChI=1S/C40H49N5O7S/c1-23(2)31-12-10-13-32(41-31)33-21-35(28-16-17-34(51-5)24(3)36(28)42-33)52-26-19-29-30(20-26)38(47)45(4)18-9-7-6-8-11-25-22-40(25,43-37(29)46)39(48)44-53(49,50)27-14-15-27/h8,10-13,16-17,21,23,25-27,29-30H,6-7,9,14-15,18-20,22H2,1-5H3,(H,43,46)(H,44,48)/b11-8-/t25-,26+,29+,30+,40+/m0/s1. The molecule has 1 aromatic carbocycles. The summed E-state index contributed by atoms with van der Waals surface area (Å²) in [7, 11) is -0.453. The highest BCUT2D eigenvalue weighted by Gasteiger charge is 2.62. The van der Waals surface area contributed by atoms with Crippen LogP contribution in [0.4, 0.5) is 0 Å². The van der Waals surface area contributed by atoms with Crippen molar-refractivity contribution in [2.24, 2.45) is 17.8 Å². The number of hydrogen-bond donors (Lipinski definition) is 2. The van der Waals surface area contributed by atoms with Crippen LogP contribution < -0.4 is 19.5 Å². The highest BCUT2D eigenvalue weighted by Crippen LogP contribution is 2.47. The monoisotopic (exact) mass is 743 g/mol. The summed E-state index contributed by atoms with van der Waals surface area (Å²) in [5.74, 6) is -1.72. The van der Waals surface area contributed by atoms with Crippen molar-refractivity contribution < 1.29 is 32.3 Å². The van der Waals surface area contributed by atoms with Gasteiger partial charge in [0.15, 0.2) is 0 Å². The molecule has 2 N–H and O–H groups in total. The lowest BCUT2D eigenvalue weighted by Crippen LogP contribution is -2.54. The maximum atomic E-state index is 14.3. The number of pyridine rings is 2. The largest absolute Gasteiger partial charge is 0.496 e. The summed E-state index contributed by atoms with van der Waals surface area (Å²) in [4.78, 5) is 53.6. The van der Waals surface area contributed by atoms with E-state index in [-0.39, 0.29) is 37.0 Å². The minimum Gasteiger partial charge on any atom is -0.496 e. The van der Waals surface area contributed by atoms with Crippen molar-refractivity contribution in [3.8, 4) is 22.9 Å². The Kier molecular flexibility index (Phi) is 9.99. The minimum absolute atomic E-state index is 0.151. The highest BCUT2D eigenvalue weighted by molar-refractivity contribution is 7.91. The zero-order valence-corrected chi connectivity index (χ0v) is 31.9. The number of aryl methyl sites for hydroxylation is 1. The molecular formula is C40H49N5O7S. The third-order valence-electron chi connectivity index (χ3n) is 11.3. The molecular weight excluding hydrogens is 695 g/mol. The Morgan fingerprint density at radius 1 is 1.04 bits per heavy atom. The number of nitrogens with zero attached hydrogens (tertiary/aromatic N) is 3. The number of carbonyl (C=O) groups is 3. The Morgan fingerprint density at radius 2 is 1.81 bits per heavy atom. The van der Waals surface area contributed by atoms with Crippen molar-refractivity contribution in [2.45, 2.75) is 94.9 Å². The van der Waals surface area contributed by atoms with Crippen LogP contribution in [0.25, 0.3) is 22.3 Å². The van der Waals surface area contributed by atoms with E-state index in [0.717, 1.165) is 35.9 Å². The molecule has 3 heterocycles. The lowest BCUT2D eigenvalue weighted by Gasteiger charge is -2.26. The van der Waals surface area contributed by atoms with Crippen LogP contribution in [0.5, 0.6) is 11.5 Å². The first-order valence-corrected chi connectivity index (χ1v) is 20.3. The minimum atomic E-state index is -3.83. The van der Waals surface area contributed by atoms with Gasteiger partial charge in [0, 0.05) is 42.2 Å². The number of benzene rings is 1. The summed E-state index contributed by atoms with van der Waals surface area (Å²) < 4.78 is 40.3. The van der Waals surface area contributed by atoms with Crippen LogP contribution in [-0.2, 0) is 24.4 Å². The number of nitrogens with one attached hydrogen (secondary N) is 2. The molecule has 3 saturated carbocycles. The highest BCUT2D eigenvalue weighted by atomic mass is 32.2. The van der Waals surface area contributed by atoms with E-state index in [1.54, 1.807) is 19.1 Å². The first kappa shape index (κ1) is 36.8. The quantitative estimate of drug-likeness (QED) is 0.297. The molecule has 0 spiro atoms. The molecule has 12 nitrogen and oxygen atoms in total. The summed E-state index contributed by atoms with van der Waals surface area (Å²) in [6.45, 7) is 6.67. The number of hydrogen-bond acceptors (Lipinski definition) is 9. The van der Waals surface area contributed by atoms with Gasteiger partial charge in [-0.15, -0.1) is 0 Å². The smallest absolute Gasteiger partial charge is 0.259 e. The Balaban J connectivity index is 1.22. The van der Waals surface area contributed by atoms with E-state index in [2.05, 4.69) is 23.9 Å². The molecule has 1 aliphatic heterocycles. The van der Waals surface area contributed by atoms with Crippen molar-refractivity contribution in [1.29, 1.82) is 0 Å². The van der Waals surface area contributed by atoms with Gasteiger partial charge in [-0.05, 0) is 88.5 Å². The molecule has 5 atom stereocenters. The Labute approximate surface area is 311 Å². The molecule has 3 amide bonds. The first-order chi connectivity index (χ1) is 25.3. The summed E-state index contributed by atoms with van der Waals surface area (Å²) in [6, 6.07) is 11.5. The van der Waals surface area contributed by atoms with Gasteiger partial charge in [0.25, 0.3) is 5.91 Å². The number of carbonyl (C=O) groups excluding carboxylic acids is 3. The van der Waals surface area contributed by atoms with Crippen LogP contribution in [0, 0.1) is 24.7 Å². The maximum Gasteiger partial charge on any atom is 0.259 e. The third kappa shape index (κ3) is 7.36. The van der Waals surface area contributed by atoms with E-state index in [9.17, 15) is 22.8 Å². The first-order valence-electron chi connectivity index (χ1n) is 18.7. The number of fused-ring (bicyclic) bond motifs is 3.